The standard InChI is InChI=1S/C21H40N2O7/c1-13(2)12-30-11-10-22-19(27)14(3)23-20(28)18(29-7)17(26)16(25)15(24)8-9-21(4,5)6/h8-9,13-18,24-26H,10-12H2,1-7H3,(H,22,27)(H,23,28)/b9-8+/t14-,15+,16-,17+,18+/m0/s1. The van der Waals surface area contributed by atoms with E-state index in [1.165, 1.54) is 20.1 Å². The average Bonchev–Trinajstić information content (AvgIpc) is 2.64. The SMILES string of the molecule is CO[C@@H](C(=O)N[C@@H](C)C(=O)NCCOCC(C)C)[C@H](O)[C@@H](O)[C@H](O)/C=C/C(C)(C)C. The van der Waals surface area contributed by atoms with Gasteiger partial charge in [0, 0.05) is 20.3 Å². The lowest BCUT2D eigenvalue weighted by molar-refractivity contribution is -0.150. The van der Waals surface area contributed by atoms with Crippen LogP contribution >= 0.6 is 0 Å². The molecule has 0 aromatic carbocycles. The number of hydrogen-bond acceptors (Lipinski definition) is 7. The molecule has 0 aromatic heterocycles. The minimum atomic E-state index is -1.70. The second-order valence-electron chi connectivity index (χ2n) is 8.84. The zero-order valence-corrected chi connectivity index (χ0v) is 19.2. The predicted octanol–water partition coefficient (Wildman–Crippen LogP) is -0.0201. The number of carbonyl (C=O) groups excluding carboxylic acids is 2. The number of hydrogen-bond donors (Lipinski definition) is 5. The maximum atomic E-state index is 12.4. The quantitative estimate of drug-likeness (QED) is 0.204. The van der Waals surface area contributed by atoms with Crippen molar-refractivity contribution in [2.75, 3.05) is 26.9 Å². The van der Waals surface area contributed by atoms with Crippen LogP contribution in [0.5, 0.6) is 0 Å². The third kappa shape index (κ3) is 11.6. The average molecular weight is 433 g/mol. The van der Waals surface area contributed by atoms with Crippen LogP contribution in [0.15, 0.2) is 12.2 Å². The van der Waals surface area contributed by atoms with E-state index in [0.29, 0.717) is 25.7 Å². The molecule has 0 spiro atoms. The summed E-state index contributed by atoms with van der Waals surface area (Å²) in [6.07, 6.45) is -3.17. The Morgan fingerprint density at radius 2 is 1.63 bits per heavy atom. The van der Waals surface area contributed by atoms with Crippen LogP contribution in [0.2, 0.25) is 0 Å². The summed E-state index contributed by atoms with van der Waals surface area (Å²) in [5, 5.41) is 35.6. The number of aliphatic hydroxyl groups is 3. The van der Waals surface area contributed by atoms with E-state index >= 15 is 0 Å². The fraction of sp³-hybridized carbons (Fsp3) is 0.810. The van der Waals surface area contributed by atoms with Crippen molar-refractivity contribution in [1.29, 1.82) is 0 Å². The van der Waals surface area contributed by atoms with E-state index in [-0.39, 0.29) is 5.41 Å². The van der Waals surface area contributed by atoms with Gasteiger partial charge in [-0.1, -0.05) is 46.8 Å². The fourth-order valence-corrected chi connectivity index (χ4v) is 2.36. The molecule has 0 bridgehead atoms. The first-order valence-electron chi connectivity index (χ1n) is 10.2. The summed E-state index contributed by atoms with van der Waals surface area (Å²) in [6.45, 7) is 12.5. The molecule has 0 aliphatic carbocycles. The Morgan fingerprint density at radius 1 is 1.03 bits per heavy atom. The van der Waals surface area contributed by atoms with E-state index in [9.17, 15) is 24.9 Å². The van der Waals surface area contributed by atoms with Gasteiger partial charge in [0.15, 0.2) is 6.10 Å². The molecule has 0 fully saturated rings. The summed E-state index contributed by atoms with van der Waals surface area (Å²) in [4.78, 5) is 24.5. The van der Waals surface area contributed by atoms with Gasteiger partial charge in [-0.25, -0.2) is 0 Å². The van der Waals surface area contributed by atoms with Gasteiger partial charge in [-0.05, 0) is 18.3 Å². The molecule has 2 amide bonds. The largest absolute Gasteiger partial charge is 0.387 e. The maximum absolute atomic E-state index is 12.4. The number of amides is 2. The normalized spacial score (nSPS) is 17.4. The van der Waals surface area contributed by atoms with Crippen molar-refractivity contribution in [3.63, 3.8) is 0 Å². The van der Waals surface area contributed by atoms with Gasteiger partial charge in [0.25, 0.3) is 5.91 Å². The molecule has 0 saturated heterocycles. The number of aliphatic hydroxyl groups excluding tert-OH is 3. The molecule has 0 aliphatic rings. The highest BCUT2D eigenvalue weighted by Crippen LogP contribution is 2.17. The topological polar surface area (TPSA) is 137 Å². The van der Waals surface area contributed by atoms with Crippen molar-refractivity contribution < 1.29 is 34.4 Å². The van der Waals surface area contributed by atoms with Gasteiger partial charge in [-0.15, -0.1) is 0 Å². The van der Waals surface area contributed by atoms with Crippen molar-refractivity contribution in [2.45, 2.75) is 72.0 Å². The minimum absolute atomic E-state index is 0.230. The third-order valence-corrected chi connectivity index (χ3v) is 4.06. The molecular formula is C21H40N2O7. The van der Waals surface area contributed by atoms with Crippen LogP contribution in [-0.4, -0.2) is 84.5 Å². The van der Waals surface area contributed by atoms with Gasteiger partial charge in [0.1, 0.15) is 24.4 Å². The minimum Gasteiger partial charge on any atom is -0.387 e. The van der Waals surface area contributed by atoms with Crippen LogP contribution in [0.25, 0.3) is 0 Å². The number of rotatable bonds is 13. The first kappa shape index (κ1) is 28.5. The highest BCUT2D eigenvalue weighted by molar-refractivity contribution is 5.89. The molecule has 0 rings (SSSR count). The Labute approximate surface area is 179 Å². The highest BCUT2D eigenvalue weighted by atomic mass is 16.5. The molecular weight excluding hydrogens is 392 g/mol. The van der Waals surface area contributed by atoms with E-state index < -0.39 is 42.3 Å². The molecule has 0 saturated carbocycles. The van der Waals surface area contributed by atoms with Crippen LogP contribution in [-0.2, 0) is 19.1 Å². The predicted molar refractivity (Wildman–Crippen MR) is 114 cm³/mol. The van der Waals surface area contributed by atoms with Gasteiger partial charge in [0.2, 0.25) is 5.91 Å². The van der Waals surface area contributed by atoms with Gasteiger partial charge < -0.3 is 35.4 Å². The lowest BCUT2D eigenvalue weighted by Crippen LogP contribution is -2.55. The molecule has 5 N–H and O–H groups in total. The number of nitrogens with one attached hydrogen (secondary N) is 2. The summed E-state index contributed by atoms with van der Waals surface area (Å²) in [5.41, 5.74) is -0.230. The molecule has 0 unspecified atom stereocenters. The maximum Gasteiger partial charge on any atom is 0.252 e. The lowest BCUT2D eigenvalue weighted by Gasteiger charge is -2.28. The number of allylic oxidation sites excluding steroid dienone is 1. The molecule has 176 valence electrons. The molecule has 0 heterocycles. The molecule has 9 heteroatoms. The zero-order valence-electron chi connectivity index (χ0n) is 19.2. The lowest BCUT2D eigenvalue weighted by atomic mass is 9.94. The second-order valence-corrected chi connectivity index (χ2v) is 8.84. The molecule has 0 aliphatic heterocycles. The summed E-state index contributed by atoms with van der Waals surface area (Å²) in [6, 6.07) is -0.893. The number of ether oxygens (including phenoxy) is 2. The van der Waals surface area contributed by atoms with Gasteiger partial charge >= 0.3 is 0 Å². The molecule has 9 nitrogen and oxygen atoms in total. The van der Waals surface area contributed by atoms with Crippen LogP contribution in [0.3, 0.4) is 0 Å². The van der Waals surface area contributed by atoms with Crippen LogP contribution < -0.4 is 10.6 Å². The Balaban J connectivity index is 4.69. The Morgan fingerprint density at radius 3 is 2.13 bits per heavy atom. The van der Waals surface area contributed by atoms with Crippen molar-refractivity contribution >= 4 is 11.8 Å². The van der Waals surface area contributed by atoms with Crippen LogP contribution in [0.4, 0.5) is 0 Å². The first-order valence-corrected chi connectivity index (χ1v) is 10.2. The fourth-order valence-electron chi connectivity index (χ4n) is 2.36. The first-order chi connectivity index (χ1) is 13.8. The Hall–Kier alpha value is -1.52. The highest BCUT2D eigenvalue weighted by Gasteiger charge is 2.36. The van der Waals surface area contributed by atoms with E-state index in [1.54, 1.807) is 6.08 Å². The van der Waals surface area contributed by atoms with E-state index in [1.807, 2.05) is 34.6 Å². The second kappa shape index (κ2) is 13.7. The molecule has 30 heavy (non-hydrogen) atoms. The number of methoxy groups -OCH3 is 1. The van der Waals surface area contributed by atoms with Gasteiger partial charge in [-0.2, -0.15) is 0 Å². The van der Waals surface area contributed by atoms with Crippen molar-refractivity contribution in [2.24, 2.45) is 11.3 Å². The van der Waals surface area contributed by atoms with E-state index in [4.69, 9.17) is 9.47 Å². The van der Waals surface area contributed by atoms with Crippen molar-refractivity contribution in [3.8, 4) is 0 Å². The molecule has 0 radical (unpaired) electrons. The summed E-state index contributed by atoms with van der Waals surface area (Å²) >= 11 is 0. The van der Waals surface area contributed by atoms with Gasteiger partial charge in [-0.3, -0.25) is 9.59 Å². The monoisotopic (exact) mass is 432 g/mol. The molecule has 5 atom stereocenters. The van der Waals surface area contributed by atoms with E-state index in [0.717, 1.165) is 0 Å². The smallest absolute Gasteiger partial charge is 0.252 e. The molecule has 0 aromatic rings. The van der Waals surface area contributed by atoms with Crippen molar-refractivity contribution in [3.05, 3.63) is 12.2 Å². The van der Waals surface area contributed by atoms with Crippen LogP contribution in [0.1, 0.15) is 41.5 Å². The zero-order chi connectivity index (χ0) is 23.5. The summed E-state index contributed by atoms with van der Waals surface area (Å²) < 4.78 is 10.4. The Kier molecular flexibility index (Phi) is 13.0. The van der Waals surface area contributed by atoms with Crippen LogP contribution in [0, 0.1) is 11.3 Å². The van der Waals surface area contributed by atoms with Crippen molar-refractivity contribution in [1.82, 2.24) is 10.6 Å². The third-order valence-electron chi connectivity index (χ3n) is 4.06. The summed E-state index contributed by atoms with van der Waals surface area (Å²) in [7, 11) is 1.19. The summed E-state index contributed by atoms with van der Waals surface area (Å²) in [5.74, 6) is -0.807. The Bertz CT molecular complexity index is 546. The number of carbonyl (C=O) groups is 2. The van der Waals surface area contributed by atoms with Gasteiger partial charge in [0.05, 0.1) is 6.61 Å². The van der Waals surface area contributed by atoms with E-state index in [2.05, 4.69) is 10.6 Å².